The zero-order valence-corrected chi connectivity index (χ0v) is 16.8. The van der Waals surface area contributed by atoms with Crippen molar-refractivity contribution in [3.63, 3.8) is 0 Å². The summed E-state index contributed by atoms with van der Waals surface area (Å²) in [5.41, 5.74) is 1.52. The van der Waals surface area contributed by atoms with Gasteiger partial charge in [-0.1, -0.05) is 6.07 Å². The van der Waals surface area contributed by atoms with Gasteiger partial charge in [0.1, 0.15) is 22.2 Å². The van der Waals surface area contributed by atoms with Gasteiger partial charge in [0.15, 0.2) is 5.82 Å². The molecule has 0 atom stereocenters. The van der Waals surface area contributed by atoms with Crippen molar-refractivity contribution >= 4 is 33.7 Å². The van der Waals surface area contributed by atoms with Gasteiger partial charge in [0.25, 0.3) is 5.91 Å². The lowest BCUT2D eigenvalue weighted by Crippen LogP contribution is -2.38. The fourth-order valence-electron chi connectivity index (χ4n) is 3.75. The summed E-state index contributed by atoms with van der Waals surface area (Å²) in [5.74, 6) is 0.679. The second kappa shape index (κ2) is 8.65. The smallest absolute Gasteiger partial charge is 0.256 e. The maximum absolute atomic E-state index is 13.1. The average Bonchev–Trinajstić information content (AvgIpc) is 3.19. The molecule has 3 aromatic heterocycles. The molecule has 1 amide bonds. The van der Waals surface area contributed by atoms with Crippen LogP contribution in [0.25, 0.3) is 21.7 Å². The normalized spacial score (nSPS) is 15.0. The highest BCUT2D eigenvalue weighted by molar-refractivity contribution is 7.17. The number of hydrogen-bond acceptors (Lipinski definition) is 7. The molecule has 1 fully saturated rings. The molecule has 1 aliphatic rings. The van der Waals surface area contributed by atoms with Crippen LogP contribution in [0.3, 0.4) is 0 Å². The first-order valence-electron chi connectivity index (χ1n) is 9.80. The van der Waals surface area contributed by atoms with Crippen LogP contribution in [0.4, 0.5) is 0 Å². The van der Waals surface area contributed by atoms with E-state index < -0.39 is 0 Å². The molecule has 1 saturated heterocycles. The lowest BCUT2D eigenvalue weighted by Gasteiger charge is -2.31. The van der Waals surface area contributed by atoms with Crippen molar-refractivity contribution in [1.82, 2.24) is 19.9 Å². The van der Waals surface area contributed by atoms with Gasteiger partial charge in [0.2, 0.25) is 5.88 Å². The van der Waals surface area contributed by atoms with Crippen LogP contribution >= 0.6 is 11.3 Å². The number of aldehydes is 1. The predicted molar refractivity (Wildman–Crippen MR) is 111 cm³/mol. The summed E-state index contributed by atoms with van der Waals surface area (Å²) in [5, 5.41) is 12.1. The third-order valence-electron chi connectivity index (χ3n) is 5.36. The number of thiophene rings is 1. The fraction of sp³-hybridized carbons (Fsp3) is 0.381. The van der Waals surface area contributed by atoms with Crippen LogP contribution in [-0.2, 0) is 4.79 Å². The third kappa shape index (κ3) is 4.12. The fourth-order valence-corrected chi connectivity index (χ4v) is 4.62. The Labute approximate surface area is 172 Å². The predicted octanol–water partition coefficient (Wildman–Crippen LogP) is 3.68. The number of carbonyl (C=O) groups excluding carboxylic acids is 2. The minimum Gasteiger partial charge on any atom is -0.492 e. The van der Waals surface area contributed by atoms with E-state index >= 15 is 0 Å². The molecule has 29 heavy (non-hydrogen) atoms. The van der Waals surface area contributed by atoms with E-state index in [0.29, 0.717) is 52.7 Å². The van der Waals surface area contributed by atoms with Gasteiger partial charge in [0.05, 0.1) is 5.56 Å². The van der Waals surface area contributed by atoms with Crippen LogP contribution in [-0.4, -0.2) is 50.2 Å². The molecule has 1 N–H and O–H groups in total. The van der Waals surface area contributed by atoms with E-state index in [1.54, 1.807) is 23.7 Å². The number of aromatic hydroxyl groups is 1. The summed E-state index contributed by atoms with van der Waals surface area (Å²) >= 11 is 1.27. The van der Waals surface area contributed by atoms with Crippen LogP contribution < -0.4 is 0 Å². The molecule has 4 rings (SSSR count). The van der Waals surface area contributed by atoms with Crippen molar-refractivity contribution in [3.05, 3.63) is 35.3 Å². The quantitative estimate of drug-likeness (QED) is 0.492. The van der Waals surface area contributed by atoms with Gasteiger partial charge in [-0.15, -0.1) is 11.3 Å². The Kier molecular flexibility index (Phi) is 5.80. The molecule has 1 aliphatic heterocycles. The van der Waals surface area contributed by atoms with E-state index in [0.717, 1.165) is 32.0 Å². The largest absolute Gasteiger partial charge is 0.492 e. The molecule has 3 aromatic rings. The van der Waals surface area contributed by atoms with Crippen molar-refractivity contribution in [2.75, 3.05) is 13.1 Å². The van der Waals surface area contributed by atoms with Crippen molar-refractivity contribution in [3.8, 4) is 17.4 Å². The zero-order valence-electron chi connectivity index (χ0n) is 16.0. The first kappa shape index (κ1) is 19.4. The SMILES string of the molecule is O=CCCCC1CCN(C(=O)c2csc3c(O)nc(-c4ccccn4)nc23)CC1. The molecule has 0 radical (unpaired) electrons. The topological polar surface area (TPSA) is 96.3 Å². The molecule has 0 unspecified atom stereocenters. The summed E-state index contributed by atoms with van der Waals surface area (Å²) in [6, 6.07) is 5.39. The van der Waals surface area contributed by atoms with Gasteiger partial charge in [-0.2, -0.15) is 4.98 Å². The van der Waals surface area contributed by atoms with Gasteiger partial charge in [0, 0.05) is 31.1 Å². The lowest BCUT2D eigenvalue weighted by molar-refractivity contribution is -0.108. The van der Waals surface area contributed by atoms with Crippen LogP contribution in [0.15, 0.2) is 29.8 Å². The number of piperidine rings is 1. The molecule has 7 nitrogen and oxygen atoms in total. The molecule has 8 heteroatoms. The summed E-state index contributed by atoms with van der Waals surface area (Å²) in [6.07, 6.45) is 7.08. The van der Waals surface area contributed by atoms with Crippen LogP contribution in [0.2, 0.25) is 0 Å². The van der Waals surface area contributed by atoms with Crippen molar-refractivity contribution < 1.29 is 14.7 Å². The highest BCUT2D eigenvalue weighted by atomic mass is 32.1. The van der Waals surface area contributed by atoms with Gasteiger partial charge < -0.3 is 14.8 Å². The van der Waals surface area contributed by atoms with Gasteiger partial charge in [-0.05, 0) is 43.7 Å². The Balaban J connectivity index is 1.54. The summed E-state index contributed by atoms with van der Waals surface area (Å²) in [7, 11) is 0. The summed E-state index contributed by atoms with van der Waals surface area (Å²) in [4.78, 5) is 38.4. The van der Waals surface area contributed by atoms with Gasteiger partial charge >= 0.3 is 0 Å². The lowest BCUT2D eigenvalue weighted by atomic mass is 9.91. The molecule has 4 heterocycles. The highest BCUT2D eigenvalue weighted by Crippen LogP contribution is 2.34. The number of aromatic nitrogens is 3. The van der Waals surface area contributed by atoms with Crippen molar-refractivity contribution in [2.24, 2.45) is 5.92 Å². The Morgan fingerprint density at radius 1 is 1.28 bits per heavy atom. The number of nitrogens with zero attached hydrogens (tertiary/aromatic N) is 4. The number of likely N-dealkylation sites (tertiary alicyclic amines) is 1. The van der Waals surface area contributed by atoms with Crippen LogP contribution in [0.1, 0.15) is 42.5 Å². The van der Waals surface area contributed by atoms with Gasteiger partial charge in [-0.3, -0.25) is 9.78 Å². The zero-order chi connectivity index (χ0) is 20.2. The molecule has 0 aliphatic carbocycles. The maximum Gasteiger partial charge on any atom is 0.256 e. The summed E-state index contributed by atoms with van der Waals surface area (Å²) < 4.78 is 0.511. The standard InChI is InChI=1S/C21H22N4O3S/c26-12-4-2-5-14-7-10-25(11-8-14)21(28)15-13-29-18-17(15)23-19(24-20(18)27)16-6-1-3-9-22-16/h1,3,6,9,12-14H,2,4-5,7-8,10-11H2,(H,23,24,27). The van der Waals surface area contributed by atoms with E-state index in [1.165, 1.54) is 11.3 Å². The van der Waals surface area contributed by atoms with E-state index in [-0.39, 0.29) is 11.8 Å². The average molecular weight is 410 g/mol. The first-order chi connectivity index (χ1) is 14.2. The summed E-state index contributed by atoms with van der Waals surface area (Å²) in [6.45, 7) is 1.40. The molecule has 150 valence electrons. The Morgan fingerprint density at radius 2 is 2.10 bits per heavy atom. The molecule has 0 bridgehead atoms. The van der Waals surface area contributed by atoms with E-state index in [1.807, 2.05) is 11.0 Å². The third-order valence-corrected chi connectivity index (χ3v) is 6.32. The van der Waals surface area contributed by atoms with Crippen LogP contribution in [0.5, 0.6) is 5.88 Å². The van der Waals surface area contributed by atoms with Gasteiger partial charge in [-0.25, -0.2) is 4.98 Å². The molecule has 0 spiro atoms. The molecule has 0 saturated carbocycles. The molecule has 0 aromatic carbocycles. The maximum atomic E-state index is 13.1. The number of rotatable bonds is 6. The van der Waals surface area contributed by atoms with E-state index in [9.17, 15) is 14.7 Å². The Hall–Kier alpha value is -2.87. The van der Waals surface area contributed by atoms with Crippen LogP contribution in [0, 0.1) is 5.92 Å². The first-order valence-corrected chi connectivity index (χ1v) is 10.7. The Bertz CT molecular complexity index is 1010. The number of hydrogen-bond donors (Lipinski definition) is 1. The Morgan fingerprint density at radius 3 is 2.83 bits per heavy atom. The van der Waals surface area contributed by atoms with Crippen molar-refractivity contribution in [2.45, 2.75) is 32.1 Å². The number of carbonyl (C=O) groups is 2. The number of unbranched alkanes of at least 4 members (excludes halogenated alkanes) is 1. The number of amides is 1. The second-order valence-electron chi connectivity index (χ2n) is 7.25. The highest BCUT2D eigenvalue weighted by Gasteiger charge is 2.26. The van der Waals surface area contributed by atoms with E-state index in [2.05, 4.69) is 15.0 Å². The monoisotopic (exact) mass is 410 g/mol. The second-order valence-corrected chi connectivity index (χ2v) is 8.13. The number of pyridine rings is 1. The minimum absolute atomic E-state index is 0.0623. The van der Waals surface area contributed by atoms with E-state index in [4.69, 9.17) is 0 Å². The molecular weight excluding hydrogens is 388 g/mol. The minimum atomic E-state index is -0.131. The molecular formula is C21H22N4O3S. The van der Waals surface area contributed by atoms with Crippen molar-refractivity contribution in [1.29, 1.82) is 0 Å². The number of fused-ring (bicyclic) bond motifs is 1.